The molecule has 0 atom stereocenters. The van der Waals surface area contributed by atoms with Gasteiger partial charge in [0.1, 0.15) is 0 Å². The lowest BCUT2D eigenvalue weighted by Crippen LogP contribution is -2.19. The van der Waals surface area contributed by atoms with Crippen molar-refractivity contribution in [2.24, 2.45) is 0 Å². The van der Waals surface area contributed by atoms with Crippen LogP contribution in [0.1, 0.15) is 38.2 Å². The van der Waals surface area contributed by atoms with Crippen LogP contribution in [-0.2, 0) is 12.1 Å². The zero-order valence-corrected chi connectivity index (χ0v) is 8.03. The van der Waals surface area contributed by atoms with E-state index < -0.39 is 5.60 Å². The van der Waals surface area contributed by atoms with E-state index in [-0.39, 0.29) is 0 Å². The molecule has 72 valence electrons. The fraction of sp³-hybridized carbons (Fsp3) is 0.700. The van der Waals surface area contributed by atoms with E-state index in [1.54, 1.807) is 6.20 Å². The van der Waals surface area contributed by atoms with Crippen LogP contribution in [0.5, 0.6) is 0 Å². The lowest BCUT2D eigenvalue weighted by Gasteiger charge is -2.19. The lowest BCUT2D eigenvalue weighted by atomic mass is 9.95. The van der Waals surface area contributed by atoms with Crippen LogP contribution in [-0.4, -0.2) is 14.9 Å². The maximum absolute atomic E-state index is 10.2. The monoisotopic (exact) mass is 180 g/mol. The van der Waals surface area contributed by atoms with Gasteiger partial charge in [-0.25, -0.2) is 0 Å². The highest BCUT2D eigenvalue weighted by Gasteiger charge is 2.33. The number of rotatable bonds is 2. The topological polar surface area (TPSA) is 38.0 Å². The summed E-state index contributed by atoms with van der Waals surface area (Å²) in [7, 11) is 0. The molecular formula is C10H16N2O. The number of aliphatic hydroxyl groups is 1. The third kappa shape index (κ3) is 1.48. The largest absolute Gasteiger partial charge is 0.385 e. The summed E-state index contributed by atoms with van der Waals surface area (Å²) < 4.78 is 1.87. The van der Waals surface area contributed by atoms with Gasteiger partial charge in [-0.3, -0.25) is 4.68 Å². The van der Waals surface area contributed by atoms with Crippen molar-refractivity contribution in [1.29, 1.82) is 0 Å². The average molecular weight is 180 g/mol. The Morgan fingerprint density at radius 3 is 2.77 bits per heavy atom. The molecule has 0 radical (unpaired) electrons. The number of hydrogen-bond donors (Lipinski definition) is 1. The molecule has 3 nitrogen and oxygen atoms in total. The first kappa shape index (κ1) is 8.75. The molecule has 0 unspecified atom stereocenters. The van der Waals surface area contributed by atoms with Crippen molar-refractivity contribution in [3.8, 4) is 0 Å². The minimum Gasteiger partial charge on any atom is -0.385 e. The first-order chi connectivity index (χ1) is 6.24. The molecule has 0 amide bonds. The summed E-state index contributed by atoms with van der Waals surface area (Å²) in [6, 6.07) is 0. The molecule has 1 fully saturated rings. The van der Waals surface area contributed by atoms with E-state index in [1.807, 2.05) is 10.9 Å². The average Bonchev–Trinajstić information content (AvgIpc) is 2.72. The molecule has 1 aromatic heterocycles. The van der Waals surface area contributed by atoms with Gasteiger partial charge in [0.25, 0.3) is 0 Å². The van der Waals surface area contributed by atoms with E-state index in [2.05, 4.69) is 12.0 Å². The van der Waals surface area contributed by atoms with Crippen molar-refractivity contribution in [3.05, 3.63) is 18.0 Å². The van der Waals surface area contributed by atoms with Gasteiger partial charge in [-0.2, -0.15) is 5.10 Å². The summed E-state index contributed by atoms with van der Waals surface area (Å²) in [5, 5.41) is 14.4. The smallest absolute Gasteiger partial charge is 0.0926 e. The normalized spacial score (nSPS) is 20.8. The molecule has 3 heteroatoms. The molecule has 13 heavy (non-hydrogen) atoms. The number of hydrogen-bond acceptors (Lipinski definition) is 2. The fourth-order valence-electron chi connectivity index (χ4n) is 2.03. The first-order valence-electron chi connectivity index (χ1n) is 5.00. The van der Waals surface area contributed by atoms with Gasteiger partial charge in [0.2, 0.25) is 0 Å². The number of nitrogens with zero attached hydrogens (tertiary/aromatic N) is 2. The molecule has 0 aliphatic heterocycles. The summed E-state index contributed by atoms with van der Waals surface area (Å²) in [5.74, 6) is 0. The van der Waals surface area contributed by atoms with Crippen LogP contribution in [0.15, 0.2) is 12.4 Å². The predicted molar refractivity (Wildman–Crippen MR) is 50.3 cm³/mol. The van der Waals surface area contributed by atoms with Crippen LogP contribution in [0.2, 0.25) is 0 Å². The fourth-order valence-corrected chi connectivity index (χ4v) is 2.03. The summed E-state index contributed by atoms with van der Waals surface area (Å²) in [4.78, 5) is 0. The van der Waals surface area contributed by atoms with E-state index >= 15 is 0 Å². The molecule has 0 bridgehead atoms. The van der Waals surface area contributed by atoms with Crippen LogP contribution in [0.4, 0.5) is 0 Å². The molecule has 2 rings (SSSR count). The quantitative estimate of drug-likeness (QED) is 0.751. The van der Waals surface area contributed by atoms with Gasteiger partial charge in [0.15, 0.2) is 0 Å². The van der Waals surface area contributed by atoms with Crippen LogP contribution in [0.25, 0.3) is 0 Å². The molecule has 1 N–H and O–H groups in total. The maximum Gasteiger partial charge on any atom is 0.0926 e. The van der Waals surface area contributed by atoms with Gasteiger partial charge >= 0.3 is 0 Å². The summed E-state index contributed by atoms with van der Waals surface area (Å²) in [5.41, 5.74) is 0.416. The van der Waals surface area contributed by atoms with Crippen molar-refractivity contribution in [2.75, 3.05) is 0 Å². The second-order valence-corrected chi connectivity index (χ2v) is 3.82. The van der Waals surface area contributed by atoms with Crippen LogP contribution in [0, 0.1) is 0 Å². The molecule has 0 saturated heterocycles. The third-order valence-electron chi connectivity index (χ3n) is 2.93. The Balaban J connectivity index is 2.23. The maximum atomic E-state index is 10.2. The van der Waals surface area contributed by atoms with Crippen molar-refractivity contribution in [2.45, 2.75) is 44.8 Å². The van der Waals surface area contributed by atoms with Gasteiger partial charge in [-0.05, 0) is 19.8 Å². The number of aryl methyl sites for hydroxylation is 1. The number of aromatic nitrogens is 2. The highest BCUT2D eigenvalue weighted by Crippen LogP contribution is 2.38. The summed E-state index contributed by atoms with van der Waals surface area (Å²) >= 11 is 0. The summed E-state index contributed by atoms with van der Waals surface area (Å²) in [6.07, 6.45) is 7.81. The Morgan fingerprint density at radius 2 is 2.23 bits per heavy atom. The Morgan fingerprint density at radius 1 is 1.54 bits per heavy atom. The second-order valence-electron chi connectivity index (χ2n) is 3.82. The summed E-state index contributed by atoms with van der Waals surface area (Å²) in [6.45, 7) is 2.92. The van der Waals surface area contributed by atoms with E-state index in [0.29, 0.717) is 0 Å². The minimum atomic E-state index is -0.576. The Hall–Kier alpha value is -0.830. The van der Waals surface area contributed by atoms with Gasteiger partial charge < -0.3 is 5.11 Å². The van der Waals surface area contributed by atoms with Crippen molar-refractivity contribution < 1.29 is 5.11 Å². The van der Waals surface area contributed by atoms with E-state index in [4.69, 9.17) is 0 Å². The molecule has 1 aliphatic carbocycles. The molecule has 1 aromatic rings. The highest BCUT2D eigenvalue weighted by atomic mass is 16.3. The van der Waals surface area contributed by atoms with Crippen molar-refractivity contribution in [3.63, 3.8) is 0 Å². The standard InChI is InChI=1S/C10H16N2O/c1-2-12-8-9(7-11-12)10(13)5-3-4-6-10/h7-8,13H,2-6H2,1H3. The Bertz CT molecular complexity index is 287. The van der Waals surface area contributed by atoms with Gasteiger partial charge in [0.05, 0.1) is 11.8 Å². The molecule has 1 aliphatic rings. The molecule has 1 heterocycles. The lowest BCUT2D eigenvalue weighted by molar-refractivity contribution is 0.0444. The zero-order valence-electron chi connectivity index (χ0n) is 8.03. The Kier molecular flexibility index (Phi) is 2.12. The minimum absolute atomic E-state index is 0.576. The molecule has 0 spiro atoms. The predicted octanol–water partition coefficient (Wildman–Crippen LogP) is 1.66. The van der Waals surface area contributed by atoms with E-state index in [1.165, 1.54) is 0 Å². The van der Waals surface area contributed by atoms with Crippen molar-refractivity contribution >= 4 is 0 Å². The van der Waals surface area contributed by atoms with Crippen LogP contribution in [0.3, 0.4) is 0 Å². The van der Waals surface area contributed by atoms with Crippen LogP contribution >= 0.6 is 0 Å². The highest BCUT2D eigenvalue weighted by molar-refractivity contribution is 5.16. The third-order valence-corrected chi connectivity index (χ3v) is 2.93. The first-order valence-corrected chi connectivity index (χ1v) is 5.00. The van der Waals surface area contributed by atoms with Gasteiger partial charge in [-0.15, -0.1) is 0 Å². The molecule has 0 aromatic carbocycles. The van der Waals surface area contributed by atoms with Gasteiger partial charge in [0, 0.05) is 18.3 Å². The molecular weight excluding hydrogens is 164 g/mol. The zero-order chi connectivity index (χ0) is 9.31. The molecule has 1 saturated carbocycles. The van der Waals surface area contributed by atoms with E-state index in [9.17, 15) is 5.11 Å². The van der Waals surface area contributed by atoms with Gasteiger partial charge in [-0.1, -0.05) is 12.8 Å². The van der Waals surface area contributed by atoms with Crippen molar-refractivity contribution in [1.82, 2.24) is 9.78 Å². The van der Waals surface area contributed by atoms with Crippen LogP contribution < -0.4 is 0 Å². The Labute approximate surface area is 78.4 Å². The SMILES string of the molecule is CCn1cc(C2(O)CCCC2)cn1. The van der Waals surface area contributed by atoms with E-state index in [0.717, 1.165) is 37.8 Å². The second kappa shape index (κ2) is 3.14.